The Morgan fingerprint density at radius 3 is 2.55 bits per heavy atom. The molecular formula is C25H25N3O3. The molecule has 1 unspecified atom stereocenters. The number of ether oxygens (including phenoxy) is 1. The normalized spacial score (nSPS) is 12.1. The van der Waals surface area contributed by atoms with E-state index in [0.29, 0.717) is 13.2 Å². The molecular weight excluding hydrogens is 390 g/mol. The second-order valence-electron chi connectivity index (χ2n) is 7.86. The Bertz CT molecular complexity index is 1180. The van der Waals surface area contributed by atoms with Gasteiger partial charge in [0, 0.05) is 17.3 Å². The summed E-state index contributed by atoms with van der Waals surface area (Å²) in [4.78, 5) is 15.2. The highest BCUT2D eigenvalue weighted by Gasteiger charge is 2.10. The number of rotatable bonds is 8. The van der Waals surface area contributed by atoms with Gasteiger partial charge in [0.15, 0.2) is 0 Å². The van der Waals surface area contributed by atoms with Crippen LogP contribution in [0.15, 0.2) is 67.0 Å². The predicted octanol–water partition coefficient (Wildman–Crippen LogP) is 4.95. The maximum atomic E-state index is 10.9. The summed E-state index contributed by atoms with van der Waals surface area (Å²) in [6.45, 7) is 4.99. The number of hydrogen-bond donors (Lipinski definition) is 1. The Kier molecular flexibility index (Phi) is 5.98. The van der Waals surface area contributed by atoms with E-state index in [0.717, 1.165) is 39.0 Å². The van der Waals surface area contributed by atoms with Crippen molar-refractivity contribution in [2.75, 3.05) is 0 Å². The van der Waals surface area contributed by atoms with E-state index in [2.05, 4.69) is 28.3 Å². The number of pyridine rings is 1. The molecule has 0 saturated carbocycles. The predicted molar refractivity (Wildman–Crippen MR) is 119 cm³/mol. The summed E-state index contributed by atoms with van der Waals surface area (Å²) in [5.74, 6) is -0.0651. The molecule has 0 spiro atoms. The quantitative estimate of drug-likeness (QED) is 0.441. The topological polar surface area (TPSA) is 77.2 Å². The molecule has 0 fully saturated rings. The number of carbonyl (C=O) groups is 1. The highest BCUT2D eigenvalue weighted by atomic mass is 16.5. The van der Waals surface area contributed by atoms with Crippen molar-refractivity contribution in [1.29, 1.82) is 0 Å². The van der Waals surface area contributed by atoms with Crippen molar-refractivity contribution in [2.24, 2.45) is 0 Å². The van der Waals surface area contributed by atoms with Crippen molar-refractivity contribution in [3.63, 3.8) is 0 Å². The summed E-state index contributed by atoms with van der Waals surface area (Å²) >= 11 is 0. The van der Waals surface area contributed by atoms with E-state index >= 15 is 0 Å². The first-order valence-electron chi connectivity index (χ1n) is 10.3. The van der Waals surface area contributed by atoms with Crippen molar-refractivity contribution in [2.45, 2.75) is 39.3 Å². The number of aliphatic carboxylic acids is 1. The van der Waals surface area contributed by atoms with Gasteiger partial charge in [-0.05, 0) is 53.8 Å². The fraction of sp³-hybridized carbons (Fsp3) is 0.240. The highest BCUT2D eigenvalue weighted by Crippen LogP contribution is 2.23. The number of aryl methyl sites for hydroxylation is 1. The molecule has 0 aliphatic carbocycles. The van der Waals surface area contributed by atoms with E-state index in [-0.39, 0.29) is 12.3 Å². The summed E-state index contributed by atoms with van der Waals surface area (Å²) in [7, 11) is 0. The van der Waals surface area contributed by atoms with Crippen LogP contribution in [0.2, 0.25) is 0 Å². The summed E-state index contributed by atoms with van der Waals surface area (Å²) in [6, 6.07) is 17.9. The number of carboxylic acids is 1. The van der Waals surface area contributed by atoms with Crippen LogP contribution in [0.3, 0.4) is 0 Å². The standard InChI is InChI=1S/C25H25N3O3/c1-17(11-25(29)30)21-7-9-23(10-8-21)31-16-19-5-6-22-14-27-28(24(22)12-19)15-20-4-3-18(2)26-13-20/h3-10,12-14,17H,11,15-16H2,1-2H3,(H,29,30). The van der Waals surface area contributed by atoms with Gasteiger partial charge in [-0.2, -0.15) is 5.10 Å². The van der Waals surface area contributed by atoms with Gasteiger partial charge in [0.05, 0.1) is 24.7 Å². The van der Waals surface area contributed by atoms with Crippen LogP contribution < -0.4 is 4.74 Å². The summed E-state index contributed by atoms with van der Waals surface area (Å²) in [6.07, 6.45) is 3.88. The maximum Gasteiger partial charge on any atom is 0.303 e. The van der Waals surface area contributed by atoms with Gasteiger partial charge >= 0.3 is 5.97 Å². The molecule has 0 aliphatic heterocycles. The molecule has 6 heteroatoms. The summed E-state index contributed by atoms with van der Waals surface area (Å²) < 4.78 is 7.92. The van der Waals surface area contributed by atoms with Gasteiger partial charge in [0.2, 0.25) is 0 Å². The van der Waals surface area contributed by atoms with Crippen LogP contribution in [0.1, 0.15) is 41.6 Å². The molecule has 6 nitrogen and oxygen atoms in total. The van der Waals surface area contributed by atoms with E-state index in [1.807, 2.05) is 67.3 Å². The number of fused-ring (bicyclic) bond motifs is 1. The zero-order valence-corrected chi connectivity index (χ0v) is 17.7. The number of carboxylic acid groups (broad SMARTS) is 1. The second-order valence-corrected chi connectivity index (χ2v) is 7.86. The molecule has 2 aromatic heterocycles. The number of benzene rings is 2. The van der Waals surface area contributed by atoms with Crippen molar-refractivity contribution >= 4 is 16.9 Å². The van der Waals surface area contributed by atoms with E-state index in [1.165, 1.54) is 0 Å². The average molecular weight is 415 g/mol. The summed E-state index contributed by atoms with van der Waals surface area (Å²) in [5.41, 5.74) is 5.21. The van der Waals surface area contributed by atoms with Crippen LogP contribution in [-0.2, 0) is 17.9 Å². The molecule has 2 heterocycles. The van der Waals surface area contributed by atoms with Crippen molar-refractivity contribution in [3.05, 3.63) is 89.4 Å². The third-order valence-electron chi connectivity index (χ3n) is 5.35. The SMILES string of the molecule is Cc1ccc(Cn2ncc3ccc(COc4ccc(C(C)CC(=O)O)cc4)cc32)cn1. The van der Waals surface area contributed by atoms with Crippen molar-refractivity contribution < 1.29 is 14.6 Å². The largest absolute Gasteiger partial charge is 0.489 e. The first-order valence-corrected chi connectivity index (χ1v) is 10.3. The molecule has 158 valence electrons. The van der Waals surface area contributed by atoms with Crippen molar-refractivity contribution in [1.82, 2.24) is 14.8 Å². The molecule has 0 saturated heterocycles. The maximum absolute atomic E-state index is 10.9. The van der Waals surface area contributed by atoms with E-state index in [4.69, 9.17) is 9.84 Å². The lowest BCUT2D eigenvalue weighted by Crippen LogP contribution is -2.03. The minimum atomic E-state index is -0.791. The Labute approximate surface area is 181 Å². The smallest absolute Gasteiger partial charge is 0.303 e. The molecule has 31 heavy (non-hydrogen) atoms. The first kappa shape index (κ1) is 20.6. The van der Waals surface area contributed by atoms with E-state index < -0.39 is 5.97 Å². The van der Waals surface area contributed by atoms with Crippen LogP contribution >= 0.6 is 0 Å². The van der Waals surface area contributed by atoms with Crippen molar-refractivity contribution in [3.8, 4) is 5.75 Å². The van der Waals surface area contributed by atoms with E-state index in [9.17, 15) is 4.79 Å². The molecule has 4 rings (SSSR count). The van der Waals surface area contributed by atoms with Crippen LogP contribution in [0.5, 0.6) is 5.75 Å². The van der Waals surface area contributed by atoms with Crippen LogP contribution in [0.4, 0.5) is 0 Å². The lowest BCUT2D eigenvalue weighted by atomic mass is 9.98. The molecule has 0 amide bonds. The lowest BCUT2D eigenvalue weighted by molar-refractivity contribution is -0.137. The third kappa shape index (κ3) is 5.09. The van der Waals surface area contributed by atoms with Crippen LogP contribution in [0.25, 0.3) is 10.9 Å². The minimum absolute atomic E-state index is 0.0297. The van der Waals surface area contributed by atoms with Gasteiger partial charge in [-0.15, -0.1) is 0 Å². The van der Waals surface area contributed by atoms with Gasteiger partial charge in [-0.25, -0.2) is 0 Å². The zero-order chi connectivity index (χ0) is 21.8. The van der Waals surface area contributed by atoms with E-state index in [1.54, 1.807) is 0 Å². The Morgan fingerprint density at radius 1 is 1.06 bits per heavy atom. The van der Waals surface area contributed by atoms with Crippen LogP contribution in [-0.4, -0.2) is 25.8 Å². The number of nitrogens with zero attached hydrogens (tertiary/aromatic N) is 3. The number of hydrogen-bond acceptors (Lipinski definition) is 4. The Hall–Kier alpha value is -3.67. The third-order valence-corrected chi connectivity index (χ3v) is 5.35. The molecule has 1 atom stereocenters. The fourth-order valence-corrected chi connectivity index (χ4v) is 3.54. The monoisotopic (exact) mass is 415 g/mol. The second kappa shape index (κ2) is 9.00. The molecule has 1 N–H and O–H groups in total. The minimum Gasteiger partial charge on any atom is -0.489 e. The molecule has 0 aliphatic rings. The van der Waals surface area contributed by atoms with Gasteiger partial charge in [-0.3, -0.25) is 14.5 Å². The van der Waals surface area contributed by atoms with Gasteiger partial charge in [0.1, 0.15) is 12.4 Å². The fourth-order valence-electron chi connectivity index (χ4n) is 3.54. The lowest BCUT2D eigenvalue weighted by Gasteiger charge is -2.11. The molecule has 2 aromatic carbocycles. The zero-order valence-electron chi connectivity index (χ0n) is 17.7. The van der Waals surface area contributed by atoms with Gasteiger partial charge in [0.25, 0.3) is 0 Å². The molecule has 4 aromatic rings. The number of aromatic nitrogens is 3. The Morgan fingerprint density at radius 2 is 1.84 bits per heavy atom. The molecule has 0 bridgehead atoms. The van der Waals surface area contributed by atoms with Gasteiger partial charge in [-0.1, -0.05) is 37.3 Å². The van der Waals surface area contributed by atoms with Gasteiger partial charge < -0.3 is 9.84 Å². The Balaban J connectivity index is 1.44. The molecule has 0 radical (unpaired) electrons. The average Bonchev–Trinajstić information content (AvgIpc) is 3.16. The highest BCUT2D eigenvalue weighted by molar-refractivity contribution is 5.79. The van der Waals surface area contributed by atoms with Crippen LogP contribution in [0, 0.1) is 6.92 Å². The first-order chi connectivity index (χ1) is 15.0. The summed E-state index contributed by atoms with van der Waals surface area (Å²) in [5, 5.41) is 14.6.